The van der Waals surface area contributed by atoms with E-state index in [2.05, 4.69) is 11.9 Å². The van der Waals surface area contributed by atoms with Crippen molar-refractivity contribution >= 4 is 17.3 Å². The first-order valence-electron chi connectivity index (χ1n) is 5.51. The lowest BCUT2D eigenvalue weighted by molar-refractivity contribution is -0.138. The van der Waals surface area contributed by atoms with Crippen molar-refractivity contribution in [1.82, 2.24) is 9.88 Å². The highest BCUT2D eigenvalue weighted by molar-refractivity contribution is 7.09. The van der Waals surface area contributed by atoms with Crippen LogP contribution in [0.25, 0.3) is 0 Å². The highest BCUT2D eigenvalue weighted by atomic mass is 32.1. The van der Waals surface area contributed by atoms with Gasteiger partial charge < -0.3 is 5.11 Å². The molecule has 88 valence electrons. The van der Waals surface area contributed by atoms with Crippen molar-refractivity contribution in [3.8, 4) is 0 Å². The molecule has 1 fully saturated rings. The largest absolute Gasteiger partial charge is 0.480 e. The summed E-state index contributed by atoms with van der Waals surface area (Å²) >= 11 is 1.59. The lowest BCUT2D eigenvalue weighted by Gasteiger charge is -2.26. The molecule has 0 aliphatic heterocycles. The first-order chi connectivity index (χ1) is 7.66. The molecule has 1 saturated carbocycles. The predicted octanol–water partition coefficient (Wildman–Crippen LogP) is 2.00. The van der Waals surface area contributed by atoms with E-state index >= 15 is 0 Å². The van der Waals surface area contributed by atoms with E-state index in [1.807, 2.05) is 11.1 Å². The average Bonchev–Trinajstić information content (AvgIpc) is 2.88. The van der Waals surface area contributed by atoms with Crippen LogP contribution in [-0.4, -0.2) is 34.0 Å². The van der Waals surface area contributed by atoms with Gasteiger partial charge in [-0.1, -0.05) is 0 Å². The normalized spacial score (nSPS) is 17.6. The molecule has 0 radical (unpaired) electrons. The van der Waals surface area contributed by atoms with Gasteiger partial charge in [-0.2, -0.15) is 0 Å². The van der Waals surface area contributed by atoms with Gasteiger partial charge in [-0.3, -0.25) is 14.7 Å². The summed E-state index contributed by atoms with van der Waals surface area (Å²) in [5.41, 5.74) is 1.79. The zero-order valence-electron chi connectivity index (χ0n) is 9.30. The third kappa shape index (κ3) is 3.02. The van der Waals surface area contributed by atoms with Gasteiger partial charge in [0.15, 0.2) is 0 Å². The molecule has 1 aromatic rings. The molecule has 1 heterocycles. The third-order valence-electron chi connectivity index (χ3n) is 2.94. The highest BCUT2D eigenvalue weighted by Crippen LogP contribution is 2.33. The Labute approximate surface area is 98.9 Å². The van der Waals surface area contributed by atoms with Crippen LogP contribution < -0.4 is 0 Å². The number of aromatic nitrogens is 1. The van der Waals surface area contributed by atoms with Crippen molar-refractivity contribution < 1.29 is 9.90 Å². The number of carbonyl (C=O) groups is 1. The number of nitrogens with zero attached hydrogens (tertiary/aromatic N) is 2. The number of rotatable bonds is 6. The second-order valence-electron chi connectivity index (χ2n) is 4.35. The van der Waals surface area contributed by atoms with E-state index in [-0.39, 0.29) is 12.6 Å². The molecule has 1 aliphatic rings. The first-order valence-corrected chi connectivity index (χ1v) is 6.39. The lowest BCUT2D eigenvalue weighted by Crippen LogP contribution is -2.33. The maximum Gasteiger partial charge on any atom is 0.317 e. The monoisotopic (exact) mass is 240 g/mol. The van der Waals surface area contributed by atoms with Gasteiger partial charge in [0.1, 0.15) is 0 Å². The van der Waals surface area contributed by atoms with E-state index in [1.54, 1.807) is 16.8 Å². The van der Waals surface area contributed by atoms with Gasteiger partial charge in [-0.15, -0.1) is 11.3 Å². The summed E-state index contributed by atoms with van der Waals surface area (Å²) in [4.78, 5) is 18.1. The quantitative estimate of drug-likeness (QED) is 0.826. The summed E-state index contributed by atoms with van der Waals surface area (Å²) in [6.45, 7) is 3.07. The van der Waals surface area contributed by atoms with Gasteiger partial charge in [0.2, 0.25) is 0 Å². The molecule has 1 unspecified atom stereocenters. The van der Waals surface area contributed by atoms with Crippen LogP contribution in [-0.2, 0) is 4.79 Å². The maximum absolute atomic E-state index is 10.8. The average molecular weight is 240 g/mol. The lowest BCUT2D eigenvalue weighted by atomic mass is 10.2. The fraction of sp³-hybridized carbons (Fsp3) is 0.636. The number of carboxylic acids is 1. The Morgan fingerprint density at radius 1 is 1.75 bits per heavy atom. The zero-order valence-corrected chi connectivity index (χ0v) is 10.1. The minimum Gasteiger partial charge on any atom is -0.480 e. The SMILES string of the molecule is CC(c1cncs1)N(CC(=O)O)CC1CC1. The summed E-state index contributed by atoms with van der Waals surface area (Å²) in [7, 11) is 0. The third-order valence-corrected chi connectivity index (χ3v) is 3.88. The Hall–Kier alpha value is -0.940. The van der Waals surface area contributed by atoms with Crippen LogP contribution in [0.5, 0.6) is 0 Å². The Morgan fingerprint density at radius 3 is 3.00 bits per heavy atom. The number of thiazole rings is 1. The second kappa shape index (κ2) is 4.93. The molecule has 4 nitrogen and oxygen atoms in total. The predicted molar refractivity (Wildman–Crippen MR) is 62.5 cm³/mol. The maximum atomic E-state index is 10.8. The molecule has 16 heavy (non-hydrogen) atoms. The molecule has 2 rings (SSSR count). The Bertz CT molecular complexity index is 349. The number of carboxylic acid groups (broad SMARTS) is 1. The van der Waals surface area contributed by atoms with E-state index in [1.165, 1.54) is 12.8 Å². The van der Waals surface area contributed by atoms with Crippen LogP contribution in [0.1, 0.15) is 30.7 Å². The van der Waals surface area contributed by atoms with Crippen LogP contribution in [0.3, 0.4) is 0 Å². The molecule has 0 amide bonds. The Balaban J connectivity index is 2.01. The topological polar surface area (TPSA) is 53.4 Å². The van der Waals surface area contributed by atoms with Crippen molar-refractivity contribution in [1.29, 1.82) is 0 Å². The van der Waals surface area contributed by atoms with Gasteiger partial charge in [-0.25, -0.2) is 0 Å². The Morgan fingerprint density at radius 2 is 2.50 bits per heavy atom. The molecule has 1 N–H and O–H groups in total. The van der Waals surface area contributed by atoms with E-state index in [0.717, 1.165) is 11.4 Å². The molecule has 0 spiro atoms. The van der Waals surface area contributed by atoms with E-state index in [4.69, 9.17) is 5.11 Å². The van der Waals surface area contributed by atoms with Gasteiger partial charge in [0, 0.05) is 23.7 Å². The fourth-order valence-electron chi connectivity index (χ4n) is 1.78. The van der Waals surface area contributed by atoms with Crippen molar-refractivity contribution in [3.63, 3.8) is 0 Å². The molecule has 5 heteroatoms. The first kappa shape index (κ1) is 11.5. The number of aliphatic carboxylic acids is 1. The highest BCUT2D eigenvalue weighted by Gasteiger charge is 2.28. The zero-order chi connectivity index (χ0) is 11.5. The van der Waals surface area contributed by atoms with Crippen LogP contribution in [0.2, 0.25) is 0 Å². The molecule has 1 aliphatic carbocycles. The van der Waals surface area contributed by atoms with Crippen LogP contribution in [0.15, 0.2) is 11.7 Å². The standard InChI is InChI=1S/C11H16N2O2S/c1-8(10-4-12-7-16-10)13(6-11(14)15)5-9-2-3-9/h4,7-9H,2-3,5-6H2,1H3,(H,14,15). The van der Waals surface area contributed by atoms with Crippen LogP contribution in [0, 0.1) is 5.92 Å². The van der Waals surface area contributed by atoms with E-state index < -0.39 is 5.97 Å². The van der Waals surface area contributed by atoms with Gasteiger partial charge in [0.25, 0.3) is 0 Å². The van der Waals surface area contributed by atoms with Crippen molar-refractivity contribution in [2.24, 2.45) is 5.92 Å². The summed E-state index contributed by atoms with van der Waals surface area (Å²) < 4.78 is 0. The van der Waals surface area contributed by atoms with E-state index in [9.17, 15) is 4.79 Å². The van der Waals surface area contributed by atoms with Crippen molar-refractivity contribution in [2.45, 2.75) is 25.8 Å². The van der Waals surface area contributed by atoms with Crippen molar-refractivity contribution in [3.05, 3.63) is 16.6 Å². The second-order valence-corrected chi connectivity index (χ2v) is 5.26. The molecule has 0 aromatic carbocycles. The molecule has 0 bridgehead atoms. The molecule has 1 atom stereocenters. The summed E-state index contributed by atoms with van der Waals surface area (Å²) in [5, 5.41) is 8.91. The van der Waals surface area contributed by atoms with Gasteiger partial charge in [0.05, 0.1) is 12.1 Å². The van der Waals surface area contributed by atoms with Gasteiger partial charge >= 0.3 is 5.97 Å². The number of hydrogen-bond acceptors (Lipinski definition) is 4. The minimum atomic E-state index is -0.753. The van der Waals surface area contributed by atoms with Gasteiger partial charge in [-0.05, 0) is 25.7 Å². The van der Waals surface area contributed by atoms with Crippen molar-refractivity contribution in [2.75, 3.05) is 13.1 Å². The summed E-state index contributed by atoms with van der Waals surface area (Å²) in [5.74, 6) is -0.0493. The summed E-state index contributed by atoms with van der Waals surface area (Å²) in [6, 6.07) is 0.157. The molecular weight excluding hydrogens is 224 g/mol. The smallest absolute Gasteiger partial charge is 0.317 e. The molecule has 0 saturated heterocycles. The van der Waals surface area contributed by atoms with Crippen LogP contribution >= 0.6 is 11.3 Å². The van der Waals surface area contributed by atoms with Crippen LogP contribution in [0.4, 0.5) is 0 Å². The molecule has 1 aromatic heterocycles. The fourth-order valence-corrected chi connectivity index (χ4v) is 2.49. The summed E-state index contributed by atoms with van der Waals surface area (Å²) in [6.07, 6.45) is 4.31. The molecular formula is C11H16N2O2S. The minimum absolute atomic E-state index is 0.121. The Kier molecular flexibility index (Phi) is 3.56. The van der Waals surface area contributed by atoms with E-state index in [0.29, 0.717) is 5.92 Å². The number of hydrogen-bond donors (Lipinski definition) is 1.